The van der Waals surface area contributed by atoms with Crippen LogP contribution >= 0.6 is 0 Å². The molecule has 0 bridgehead atoms. The van der Waals surface area contributed by atoms with Crippen molar-refractivity contribution in [3.05, 3.63) is 120 Å². The van der Waals surface area contributed by atoms with Crippen molar-refractivity contribution in [2.24, 2.45) is 4.99 Å². The van der Waals surface area contributed by atoms with Gasteiger partial charge in [-0.2, -0.15) is 0 Å². The fourth-order valence-corrected chi connectivity index (χ4v) is 5.12. The summed E-state index contributed by atoms with van der Waals surface area (Å²) in [7, 11) is 0. The minimum absolute atomic E-state index is 0.00194. The lowest BCUT2D eigenvalue weighted by Crippen LogP contribution is -2.48. The Kier molecular flexibility index (Phi) is 20.2. The standard InChI is InChI=1S/C43H54N6O10/c1-5-56-38(52)35(28-31-18-9-6-10-19-31)46-36(50)25-15-16-26-44-37(51)34(47-42(55)59-43(2,3)4)24-17-27-45-39(48-40(53)57-29-32-20-11-7-12-21-32)49-41(54)58-30-33-22-13-8-14-23-33/h6-15,18-23,25,34-35H,5,16-17,24,26-30H2,1-4H3,(H,44,51)(H,46,50)(H,47,55)(H2,45,48,49,53,54)/b25-15+/t34-,35-/m0/s1. The molecule has 0 heterocycles. The van der Waals surface area contributed by atoms with E-state index < -0.39 is 53.7 Å². The van der Waals surface area contributed by atoms with E-state index in [1.165, 1.54) is 6.08 Å². The molecular formula is C43H54N6O10. The van der Waals surface area contributed by atoms with Gasteiger partial charge in [-0.1, -0.05) is 97.1 Å². The number of benzene rings is 3. The summed E-state index contributed by atoms with van der Waals surface area (Å²) in [5.41, 5.74) is 1.52. The van der Waals surface area contributed by atoms with E-state index in [9.17, 15) is 28.8 Å². The molecule has 0 unspecified atom stereocenters. The minimum atomic E-state index is -1.05. The summed E-state index contributed by atoms with van der Waals surface area (Å²) in [6.07, 6.45) is 1.06. The van der Waals surface area contributed by atoms with E-state index in [1.807, 2.05) is 42.5 Å². The molecule has 0 radical (unpaired) electrons. The second-order valence-corrected chi connectivity index (χ2v) is 13.9. The zero-order valence-electron chi connectivity index (χ0n) is 33.9. The smallest absolute Gasteiger partial charge is 0.414 e. The van der Waals surface area contributed by atoms with Crippen molar-refractivity contribution < 1.29 is 47.7 Å². The lowest BCUT2D eigenvalue weighted by Gasteiger charge is -2.23. The average molecular weight is 815 g/mol. The number of nitrogens with zero attached hydrogens (tertiary/aromatic N) is 1. The first-order valence-electron chi connectivity index (χ1n) is 19.3. The number of ether oxygens (including phenoxy) is 4. The van der Waals surface area contributed by atoms with Gasteiger partial charge in [0.25, 0.3) is 0 Å². The van der Waals surface area contributed by atoms with Crippen molar-refractivity contribution in [2.45, 2.75) is 84.3 Å². The normalized spacial score (nSPS) is 11.9. The van der Waals surface area contributed by atoms with Gasteiger partial charge in [0.1, 0.15) is 30.9 Å². The molecule has 5 N–H and O–H groups in total. The van der Waals surface area contributed by atoms with Gasteiger partial charge in [0.05, 0.1) is 6.61 Å². The molecule has 59 heavy (non-hydrogen) atoms. The molecule has 0 aliphatic heterocycles. The summed E-state index contributed by atoms with van der Waals surface area (Å²) in [6.45, 7) is 6.98. The Morgan fingerprint density at radius 2 is 1.24 bits per heavy atom. The molecule has 5 amide bonds. The van der Waals surface area contributed by atoms with Crippen molar-refractivity contribution in [2.75, 3.05) is 19.7 Å². The molecule has 0 fully saturated rings. The molecule has 2 atom stereocenters. The van der Waals surface area contributed by atoms with Crippen LogP contribution in [0.1, 0.15) is 63.6 Å². The van der Waals surface area contributed by atoms with Crippen LogP contribution in [0.5, 0.6) is 0 Å². The topological polar surface area (TPSA) is 212 Å². The minimum Gasteiger partial charge on any atom is -0.464 e. The van der Waals surface area contributed by atoms with E-state index in [-0.39, 0.29) is 64.6 Å². The van der Waals surface area contributed by atoms with Gasteiger partial charge in [0.15, 0.2) is 0 Å². The summed E-state index contributed by atoms with van der Waals surface area (Å²) in [6, 6.07) is 25.3. The predicted octanol–water partition coefficient (Wildman–Crippen LogP) is 5.22. The summed E-state index contributed by atoms with van der Waals surface area (Å²) in [4.78, 5) is 80.7. The SMILES string of the molecule is CCOC(=O)[C@H](Cc1ccccc1)NC(=O)/C=C/CCNC(=O)[C@H](CCCN=C(NC(=O)OCc1ccccc1)NC(=O)OCc1ccccc1)NC(=O)OC(C)(C)C. The molecule has 3 rings (SSSR count). The van der Waals surface area contributed by atoms with E-state index >= 15 is 0 Å². The van der Waals surface area contributed by atoms with Gasteiger partial charge >= 0.3 is 24.2 Å². The Balaban J connectivity index is 1.59. The van der Waals surface area contributed by atoms with Crippen molar-refractivity contribution in [1.82, 2.24) is 26.6 Å². The van der Waals surface area contributed by atoms with Crippen LogP contribution in [0.25, 0.3) is 0 Å². The van der Waals surface area contributed by atoms with Gasteiger partial charge in [0, 0.05) is 19.5 Å². The number of aliphatic imine (C=N–C) groups is 1. The van der Waals surface area contributed by atoms with Crippen LogP contribution in [-0.2, 0) is 53.0 Å². The number of amides is 5. The summed E-state index contributed by atoms with van der Waals surface area (Å²) in [5, 5.41) is 12.8. The highest BCUT2D eigenvalue weighted by Crippen LogP contribution is 2.09. The third kappa shape index (κ3) is 20.3. The van der Waals surface area contributed by atoms with Gasteiger partial charge in [0.2, 0.25) is 17.8 Å². The highest BCUT2D eigenvalue weighted by Gasteiger charge is 2.25. The molecule has 3 aromatic rings. The van der Waals surface area contributed by atoms with Crippen LogP contribution < -0.4 is 26.6 Å². The van der Waals surface area contributed by atoms with Crippen LogP contribution in [0.3, 0.4) is 0 Å². The van der Waals surface area contributed by atoms with Crippen LogP contribution in [0, 0.1) is 0 Å². The first kappa shape index (κ1) is 46.7. The van der Waals surface area contributed by atoms with Crippen LogP contribution in [0.15, 0.2) is 108 Å². The van der Waals surface area contributed by atoms with Gasteiger partial charge in [-0.05, 0) is 69.7 Å². The summed E-state index contributed by atoms with van der Waals surface area (Å²) < 4.78 is 21.0. The Hall–Kier alpha value is -6.71. The molecule has 16 nitrogen and oxygen atoms in total. The fraction of sp³-hybridized carbons (Fsp3) is 0.372. The van der Waals surface area contributed by atoms with Crippen LogP contribution in [0.2, 0.25) is 0 Å². The quantitative estimate of drug-likeness (QED) is 0.0266. The van der Waals surface area contributed by atoms with E-state index in [2.05, 4.69) is 31.6 Å². The van der Waals surface area contributed by atoms with Crippen molar-refractivity contribution in [3.63, 3.8) is 0 Å². The second kappa shape index (κ2) is 25.5. The zero-order valence-corrected chi connectivity index (χ0v) is 33.9. The number of hydrogen-bond acceptors (Lipinski definition) is 11. The number of nitrogens with one attached hydrogen (secondary N) is 5. The monoisotopic (exact) mass is 814 g/mol. The number of esters is 1. The Morgan fingerprint density at radius 1 is 0.695 bits per heavy atom. The highest BCUT2D eigenvalue weighted by atomic mass is 16.6. The molecule has 0 spiro atoms. The third-order valence-corrected chi connectivity index (χ3v) is 7.84. The number of carbonyl (C=O) groups is 6. The molecule has 0 aliphatic carbocycles. The molecule has 0 aromatic heterocycles. The average Bonchev–Trinajstić information content (AvgIpc) is 3.20. The first-order valence-corrected chi connectivity index (χ1v) is 19.3. The van der Waals surface area contributed by atoms with Crippen molar-refractivity contribution in [3.8, 4) is 0 Å². The fourth-order valence-electron chi connectivity index (χ4n) is 5.12. The predicted molar refractivity (Wildman–Crippen MR) is 220 cm³/mol. The van der Waals surface area contributed by atoms with Crippen molar-refractivity contribution in [1.29, 1.82) is 0 Å². The highest BCUT2D eigenvalue weighted by molar-refractivity contribution is 6.01. The molecular weight excluding hydrogens is 761 g/mol. The number of hydrogen-bond donors (Lipinski definition) is 5. The first-order chi connectivity index (χ1) is 28.3. The summed E-state index contributed by atoms with van der Waals surface area (Å²) in [5.74, 6) is -1.82. The van der Waals surface area contributed by atoms with Gasteiger partial charge in [-0.25, -0.2) is 19.2 Å². The maximum absolute atomic E-state index is 13.3. The van der Waals surface area contributed by atoms with Gasteiger partial charge in [-0.15, -0.1) is 0 Å². The van der Waals surface area contributed by atoms with E-state index in [4.69, 9.17) is 18.9 Å². The lowest BCUT2D eigenvalue weighted by molar-refractivity contribution is -0.147. The molecule has 16 heteroatoms. The molecule has 0 saturated carbocycles. The number of guanidine groups is 1. The molecule has 3 aromatic carbocycles. The molecule has 316 valence electrons. The second-order valence-electron chi connectivity index (χ2n) is 13.9. The van der Waals surface area contributed by atoms with Crippen LogP contribution in [-0.4, -0.2) is 79.4 Å². The van der Waals surface area contributed by atoms with E-state index in [0.29, 0.717) is 0 Å². The third-order valence-electron chi connectivity index (χ3n) is 7.84. The Labute approximate surface area is 344 Å². The Bertz CT molecular complexity index is 1790. The lowest BCUT2D eigenvalue weighted by atomic mass is 10.1. The van der Waals surface area contributed by atoms with E-state index in [0.717, 1.165) is 16.7 Å². The number of alkyl carbamates (subject to hydrolysis) is 3. The number of carbonyl (C=O) groups excluding carboxylic acids is 6. The zero-order chi connectivity index (χ0) is 42.9. The van der Waals surface area contributed by atoms with Crippen LogP contribution in [0.4, 0.5) is 14.4 Å². The molecule has 0 saturated heterocycles. The number of rotatable bonds is 19. The van der Waals surface area contributed by atoms with Gasteiger partial charge in [-0.3, -0.25) is 25.2 Å². The van der Waals surface area contributed by atoms with Gasteiger partial charge < -0.3 is 34.9 Å². The maximum Gasteiger partial charge on any atom is 0.414 e. The maximum atomic E-state index is 13.3. The van der Waals surface area contributed by atoms with Crippen molar-refractivity contribution >= 4 is 42.0 Å². The Morgan fingerprint density at radius 3 is 1.76 bits per heavy atom. The van der Waals surface area contributed by atoms with E-state index in [1.54, 1.807) is 82.3 Å². The largest absolute Gasteiger partial charge is 0.464 e. The molecule has 0 aliphatic rings. The summed E-state index contributed by atoms with van der Waals surface area (Å²) >= 11 is 0.